The number of hydrogen-bond acceptors (Lipinski definition) is 6. The number of nitrogens with zero attached hydrogens (tertiary/aromatic N) is 1. The largest absolute Gasteiger partial charge is 0.370 e. The molecule has 0 aromatic heterocycles. The quantitative estimate of drug-likeness (QED) is 0.0908. The van der Waals surface area contributed by atoms with Gasteiger partial charge in [0.25, 0.3) is 5.79 Å². The van der Waals surface area contributed by atoms with Crippen molar-refractivity contribution in [2.45, 2.75) is 56.5 Å². The third-order valence-electron chi connectivity index (χ3n) is 5.79. The topological polar surface area (TPSA) is 174 Å². The van der Waals surface area contributed by atoms with E-state index in [1.807, 2.05) is 60.7 Å². The monoisotopic (exact) mass is 482 g/mol. The molecule has 188 valence electrons. The lowest BCUT2D eigenvalue weighted by atomic mass is 10.0. The summed E-state index contributed by atoms with van der Waals surface area (Å²) < 4.78 is 0. The zero-order valence-corrected chi connectivity index (χ0v) is 19.9. The van der Waals surface area contributed by atoms with E-state index in [0.29, 0.717) is 32.2 Å². The highest BCUT2D eigenvalue weighted by Gasteiger charge is 2.51. The van der Waals surface area contributed by atoms with Crippen LogP contribution in [0.25, 0.3) is 0 Å². The molecular formula is C25H34N6O4. The lowest BCUT2D eigenvalue weighted by molar-refractivity contribution is -0.130. The third-order valence-corrected chi connectivity index (χ3v) is 5.79. The van der Waals surface area contributed by atoms with Crippen LogP contribution in [0.5, 0.6) is 0 Å². The number of carbonyl (C=O) groups excluding carboxylic acids is 2. The molecule has 0 aliphatic carbocycles. The molecule has 10 heteroatoms. The minimum absolute atomic E-state index is 0.00759. The molecule has 0 radical (unpaired) electrons. The van der Waals surface area contributed by atoms with Gasteiger partial charge in [0.2, 0.25) is 11.8 Å². The van der Waals surface area contributed by atoms with Gasteiger partial charge in [0.1, 0.15) is 6.04 Å². The van der Waals surface area contributed by atoms with Crippen molar-refractivity contribution in [3.05, 3.63) is 71.8 Å². The van der Waals surface area contributed by atoms with E-state index in [4.69, 9.17) is 27.0 Å². The normalized spacial score (nSPS) is 16.4. The Labute approximate surface area is 205 Å². The van der Waals surface area contributed by atoms with Crippen molar-refractivity contribution in [3.63, 3.8) is 0 Å². The molecule has 8 N–H and O–H groups in total. The number of guanidine groups is 1. The molecule has 1 fully saturated rings. The van der Waals surface area contributed by atoms with Crippen LogP contribution in [0.15, 0.2) is 65.7 Å². The first-order valence-electron chi connectivity index (χ1n) is 11.6. The summed E-state index contributed by atoms with van der Waals surface area (Å²) in [6, 6.07) is 16.9. The van der Waals surface area contributed by atoms with E-state index >= 15 is 0 Å². The fourth-order valence-corrected chi connectivity index (χ4v) is 3.72. The molecule has 3 atom stereocenters. The molecule has 2 aromatic carbocycles. The molecule has 2 amide bonds. The summed E-state index contributed by atoms with van der Waals surface area (Å²) in [5, 5.41) is 5.80. The van der Waals surface area contributed by atoms with Gasteiger partial charge in [0.05, 0.1) is 12.1 Å². The summed E-state index contributed by atoms with van der Waals surface area (Å²) in [5.74, 6) is -1.70. The molecular weight excluding hydrogens is 448 g/mol. The molecule has 1 heterocycles. The molecule has 0 unspecified atom stereocenters. The maximum atomic E-state index is 13.3. The third kappa shape index (κ3) is 8.36. The van der Waals surface area contributed by atoms with Crippen LogP contribution in [0.4, 0.5) is 0 Å². The maximum absolute atomic E-state index is 13.3. The number of nitrogens with one attached hydrogen (secondary N) is 2. The van der Waals surface area contributed by atoms with Crippen molar-refractivity contribution < 1.29 is 19.4 Å². The van der Waals surface area contributed by atoms with E-state index in [-0.39, 0.29) is 11.9 Å². The Balaban J connectivity index is 1.68. The Hall–Kier alpha value is -3.47. The van der Waals surface area contributed by atoms with Gasteiger partial charge in [0, 0.05) is 13.0 Å². The summed E-state index contributed by atoms with van der Waals surface area (Å²) in [5.41, 5.74) is 18.8. The summed E-state index contributed by atoms with van der Waals surface area (Å²) >= 11 is 0. The van der Waals surface area contributed by atoms with Crippen molar-refractivity contribution >= 4 is 17.8 Å². The summed E-state index contributed by atoms with van der Waals surface area (Å²) in [4.78, 5) is 40.5. The Morgan fingerprint density at radius 2 is 1.49 bits per heavy atom. The highest BCUT2D eigenvalue weighted by Crippen LogP contribution is 2.34. The fourth-order valence-electron chi connectivity index (χ4n) is 3.72. The predicted molar refractivity (Wildman–Crippen MR) is 133 cm³/mol. The second-order valence-corrected chi connectivity index (χ2v) is 8.74. The summed E-state index contributed by atoms with van der Waals surface area (Å²) in [6.07, 6.45) is 1.77. The lowest BCUT2D eigenvalue weighted by Gasteiger charge is -2.25. The van der Waals surface area contributed by atoms with Crippen LogP contribution >= 0.6 is 0 Å². The number of amides is 2. The number of rotatable bonds is 13. The maximum Gasteiger partial charge on any atom is 0.251 e. The van der Waals surface area contributed by atoms with Gasteiger partial charge in [-0.1, -0.05) is 60.7 Å². The first-order chi connectivity index (χ1) is 16.8. The van der Waals surface area contributed by atoms with Crippen LogP contribution in [0.2, 0.25) is 0 Å². The fraction of sp³-hybridized carbons (Fsp3) is 0.400. The Morgan fingerprint density at radius 1 is 0.914 bits per heavy atom. The van der Waals surface area contributed by atoms with Crippen molar-refractivity contribution in [2.75, 3.05) is 6.54 Å². The van der Waals surface area contributed by atoms with Crippen LogP contribution in [0.3, 0.4) is 0 Å². The van der Waals surface area contributed by atoms with Gasteiger partial charge in [-0.05, 0) is 37.3 Å². The second kappa shape index (κ2) is 12.3. The minimum Gasteiger partial charge on any atom is -0.370 e. The molecule has 2 aromatic rings. The number of nitrogens with two attached hydrogens (primary N) is 3. The van der Waals surface area contributed by atoms with Crippen molar-refractivity contribution in [1.29, 1.82) is 0 Å². The van der Waals surface area contributed by atoms with Gasteiger partial charge in [-0.25, -0.2) is 0 Å². The highest BCUT2D eigenvalue weighted by atomic mass is 17.4. The average Bonchev–Trinajstić information content (AvgIpc) is 3.59. The first kappa shape index (κ1) is 26.1. The van der Waals surface area contributed by atoms with Crippen LogP contribution in [0.1, 0.15) is 30.9 Å². The van der Waals surface area contributed by atoms with E-state index in [1.165, 1.54) is 0 Å². The molecule has 1 aliphatic rings. The molecule has 0 spiro atoms. The Kier molecular flexibility index (Phi) is 9.18. The SMILES string of the molecule is CC1([C@H](CCCN=C(N)N)NC(=O)[C@H](Cc2ccccc2)NC(=O)[C@H](N)Cc2ccccc2)OO1. The Bertz CT molecular complexity index is 994. The molecule has 35 heavy (non-hydrogen) atoms. The zero-order valence-electron chi connectivity index (χ0n) is 19.9. The van der Waals surface area contributed by atoms with Gasteiger partial charge >= 0.3 is 0 Å². The van der Waals surface area contributed by atoms with Gasteiger partial charge in [-0.2, -0.15) is 9.78 Å². The standard InChI is InChI=1S/C25H34N6O4/c1-25(34-35-25)21(13-8-14-29-24(27)28)31-23(33)20(16-18-11-6-3-7-12-18)30-22(32)19(26)15-17-9-4-2-5-10-17/h2-7,9-12,19-21H,8,13-16,26H2,1H3,(H,30,32)(H,31,33)(H4,27,28,29)/t19-,20+,21+/m1/s1. The summed E-state index contributed by atoms with van der Waals surface area (Å²) in [7, 11) is 0. The van der Waals surface area contributed by atoms with E-state index in [0.717, 1.165) is 11.1 Å². The number of benzene rings is 2. The van der Waals surface area contributed by atoms with Crippen molar-refractivity contribution in [2.24, 2.45) is 22.2 Å². The number of carbonyl (C=O) groups is 2. The van der Waals surface area contributed by atoms with E-state index < -0.39 is 29.8 Å². The molecule has 0 bridgehead atoms. The van der Waals surface area contributed by atoms with Gasteiger partial charge in [-0.15, -0.1) is 0 Å². The second-order valence-electron chi connectivity index (χ2n) is 8.74. The van der Waals surface area contributed by atoms with Gasteiger partial charge in [-0.3, -0.25) is 14.6 Å². The predicted octanol–water partition coefficient (Wildman–Crippen LogP) is 0.500. The van der Waals surface area contributed by atoms with Crippen LogP contribution in [-0.4, -0.2) is 48.2 Å². The van der Waals surface area contributed by atoms with Gasteiger partial charge in [0.15, 0.2) is 5.96 Å². The molecule has 0 saturated carbocycles. The number of aliphatic imine (C=N–C) groups is 1. The number of hydrogen-bond donors (Lipinski definition) is 5. The molecule has 1 saturated heterocycles. The Morgan fingerprint density at radius 3 is 2.03 bits per heavy atom. The zero-order chi connectivity index (χ0) is 25.3. The summed E-state index contributed by atoms with van der Waals surface area (Å²) in [6.45, 7) is 2.14. The molecule has 3 rings (SSSR count). The molecule has 1 aliphatic heterocycles. The van der Waals surface area contributed by atoms with E-state index in [9.17, 15) is 9.59 Å². The van der Waals surface area contributed by atoms with Crippen LogP contribution < -0.4 is 27.8 Å². The van der Waals surface area contributed by atoms with Crippen molar-refractivity contribution in [1.82, 2.24) is 10.6 Å². The molecule has 10 nitrogen and oxygen atoms in total. The van der Waals surface area contributed by atoms with Crippen molar-refractivity contribution in [3.8, 4) is 0 Å². The average molecular weight is 483 g/mol. The smallest absolute Gasteiger partial charge is 0.251 e. The van der Waals surface area contributed by atoms with E-state index in [1.54, 1.807) is 6.92 Å². The lowest BCUT2D eigenvalue weighted by Crippen LogP contribution is -2.56. The highest BCUT2D eigenvalue weighted by molar-refractivity contribution is 5.90. The van der Waals surface area contributed by atoms with E-state index in [2.05, 4.69) is 15.6 Å². The van der Waals surface area contributed by atoms with Crippen LogP contribution in [0, 0.1) is 0 Å². The minimum atomic E-state index is -0.946. The van der Waals surface area contributed by atoms with Crippen LogP contribution in [-0.2, 0) is 32.2 Å². The van der Waals surface area contributed by atoms with Gasteiger partial charge < -0.3 is 27.8 Å². The first-order valence-corrected chi connectivity index (χ1v) is 11.6.